The van der Waals surface area contributed by atoms with Gasteiger partial charge in [-0.3, -0.25) is 4.68 Å². The van der Waals surface area contributed by atoms with Gasteiger partial charge in [0.1, 0.15) is 12.4 Å². The molecule has 1 aromatic heterocycles. The van der Waals surface area contributed by atoms with Gasteiger partial charge in [0.15, 0.2) is 0 Å². The van der Waals surface area contributed by atoms with Crippen LogP contribution >= 0.6 is 27.5 Å². The molecule has 2 rings (SSSR count). The molecule has 1 N–H and O–H groups in total. The lowest BCUT2D eigenvalue weighted by atomic mass is 10.1. The molecule has 4 nitrogen and oxygen atoms in total. The molecule has 2 aromatic rings. The van der Waals surface area contributed by atoms with Crippen LogP contribution in [0.3, 0.4) is 0 Å². The summed E-state index contributed by atoms with van der Waals surface area (Å²) in [5, 5.41) is 14.8. The van der Waals surface area contributed by atoms with Gasteiger partial charge < -0.3 is 9.84 Å². The maximum absolute atomic E-state index is 9.83. The second kappa shape index (κ2) is 6.81. The Labute approximate surface area is 137 Å². The fraction of sp³-hybridized carbons (Fsp3) is 0.400. The molecule has 0 saturated carbocycles. The van der Waals surface area contributed by atoms with Crippen molar-refractivity contribution in [3.63, 3.8) is 0 Å². The lowest BCUT2D eigenvalue weighted by Gasteiger charge is -2.14. The van der Waals surface area contributed by atoms with E-state index in [4.69, 9.17) is 16.3 Å². The Morgan fingerprint density at radius 1 is 1.48 bits per heavy atom. The molecule has 0 unspecified atom stereocenters. The molecule has 0 aliphatic heterocycles. The molecule has 6 heteroatoms. The Balaban J connectivity index is 2.23. The fourth-order valence-electron chi connectivity index (χ4n) is 2.10. The summed E-state index contributed by atoms with van der Waals surface area (Å²) in [7, 11) is 1.85. The van der Waals surface area contributed by atoms with Gasteiger partial charge in [0, 0.05) is 17.1 Å². The van der Waals surface area contributed by atoms with Crippen molar-refractivity contribution in [3.05, 3.63) is 44.6 Å². The minimum Gasteiger partial charge on any atom is -0.487 e. The number of aliphatic hydroxyl groups excluding tert-OH is 1. The Hall–Kier alpha value is -1.04. The average Bonchev–Trinajstić information content (AvgIpc) is 2.72. The smallest absolute Gasteiger partial charge is 0.131 e. The van der Waals surface area contributed by atoms with E-state index in [2.05, 4.69) is 21.0 Å². The Morgan fingerprint density at radius 3 is 2.76 bits per heavy atom. The minimum absolute atomic E-state index is 0.309. The molecule has 0 fully saturated rings. The van der Waals surface area contributed by atoms with E-state index < -0.39 is 6.10 Å². The minimum atomic E-state index is -0.606. The van der Waals surface area contributed by atoms with Crippen LogP contribution in [0.5, 0.6) is 5.75 Å². The summed E-state index contributed by atoms with van der Waals surface area (Å²) in [5.41, 5.74) is 2.43. The van der Waals surface area contributed by atoms with Crippen LogP contribution in [0.1, 0.15) is 36.9 Å². The van der Waals surface area contributed by atoms with Crippen molar-refractivity contribution >= 4 is 27.5 Å². The molecule has 21 heavy (non-hydrogen) atoms. The number of benzene rings is 1. The summed E-state index contributed by atoms with van der Waals surface area (Å²) >= 11 is 9.70. The Kier molecular flexibility index (Phi) is 5.30. The maximum atomic E-state index is 9.83. The van der Waals surface area contributed by atoms with Gasteiger partial charge in [-0.15, -0.1) is 0 Å². The van der Waals surface area contributed by atoms with E-state index in [1.54, 1.807) is 11.6 Å². The molecule has 1 aromatic carbocycles. The molecule has 0 saturated heterocycles. The van der Waals surface area contributed by atoms with Gasteiger partial charge in [0.05, 0.1) is 22.5 Å². The number of nitrogens with zero attached hydrogens (tertiary/aromatic N) is 2. The summed E-state index contributed by atoms with van der Waals surface area (Å²) in [4.78, 5) is 0. The van der Waals surface area contributed by atoms with Crippen molar-refractivity contribution in [2.75, 3.05) is 0 Å². The molecule has 1 heterocycles. The first-order valence-electron chi connectivity index (χ1n) is 6.74. The second-order valence-corrected chi connectivity index (χ2v) is 6.12. The number of aryl methyl sites for hydroxylation is 2. The zero-order valence-electron chi connectivity index (χ0n) is 12.2. The molecule has 1 atom stereocenters. The molecule has 0 spiro atoms. The van der Waals surface area contributed by atoms with Crippen molar-refractivity contribution in [1.29, 1.82) is 0 Å². The molecule has 0 aliphatic carbocycles. The van der Waals surface area contributed by atoms with Gasteiger partial charge in [-0.2, -0.15) is 5.10 Å². The average molecular weight is 374 g/mol. The number of halogens is 2. The van der Waals surface area contributed by atoms with E-state index in [-0.39, 0.29) is 0 Å². The maximum Gasteiger partial charge on any atom is 0.131 e. The van der Waals surface area contributed by atoms with Crippen LogP contribution in [0.25, 0.3) is 0 Å². The van der Waals surface area contributed by atoms with Crippen LogP contribution in [-0.2, 0) is 20.1 Å². The molecular formula is C15H18BrClN2O2. The molecule has 114 valence electrons. The second-order valence-electron chi connectivity index (χ2n) is 4.83. The fourth-order valence-corrected chi connectivity index (χ4v) is 2.83. The quantitative estimate of drug-likeness (QED) is 0.860. The highest BCUT2D eigenvalue weighted by atomic mass is 79.9. The molecular weight excluding hydrogens is 356 g/mol. The van der Waals surface area contributed by atoms with Crippen LogP contribution in [0.2, 0.25) is 5.02 Å². The summed E-state index contributed by atoms with van der Waals surface area (Å²) in [5.74, 6) is 0.642. The van der Waals surface area contributed by atoms with Gasteiger partial charge in [-0.25, -0.2) is 0 Å². The van der Waals surface area contributed by atoms with Crippen molar-refractivity contribution in [2.45, 2.75) is 33.0 Å². The van der Waals surface area contributed by atoms with Crippen LogP contribution in [0.4, 0.5) is 0 Å². The topological polar surface area (TPSA) is 47.3 Å². The van der Waals surface area contributed by atoms with Crippen molar-refractivity contribution < 1.29 is 9.84 Å². The molecule has 0 aliphatic rings. The van der Waals surface area contributed by atoms with E-state index in [1.165, 1.54) is 0 Å². The summed E-state index contributed by atoms with van der Waals surface area (Å²) in [6.07, 6.45) is 0.176. The highest BCUT2D eigenvalue weighted by Crippen LogP contribution is 2.30. The predicted octanol–water partition coefficient (Wildman–Crippen LogP) is 4.03. The van der Waals surface area contributed by atoms with Gasteiger partial charge in [-0.1, -0.05) is 34.5 Å². The number of aromatic nitrogens is 2. The summed E-state index contributed by atoms with van der Waals surface area (Å²) in [6.45, 7) is 4.03. The summed E-state index contributed by atoms with van der Waals surface area (Å²) < 4.78 is 8.47. The largest absolute Gasteiger partial charge is 0.487 e. The third kappa shape index (κ3) is 3.59. The van der Waals surface area contributed by atoms with E-state index in [9.17, 15) is 5.11 Å². The highest BCUT2D eigenvalue weighted by Gasteiger charge is 2.15. The van der Waals surface area contributed by atoms with Crippen LogP contribution in [0, 0.1) is 0 Å². The van der Waals surface area contributed by atoms with Gasteiger partial charge >= 0.3 is 0 Å². The molecule has 0 radical (unpaired) electrons. The Morgan fingerprint density at radius 2 is 2.19 bits per heavy atom. The third-order valence-corrected chi connectivity index (χ3v) is 4.22. The van der Waals surface area contributed by atoms with Crippen molar-refractivity contribution in [3.8, 4) is 5.75 Å². The zero-order chi connectivity index (χ0) is 15.6. The number of ether oxygens (including phenoxy) is 1. The molecule has 0 bridgehead atoms. The molecule has 0 amide bonds. The lowest BCUT2D eigenvalue weighted by molar-refractivity contribution is 0.189. The van der Waals surface area contributed by atoms with E-state index in [0.717, 1.165) is 27.8 Å². The SMILES string of the molecule is CCc1nn(C)c(COc2ccc(Br)cc2[C@@H](C)O)c1Cl. The number of rotatable bonds is 5. The Bertz CT molecular complexity index is 641. The van der Waals surface area contributed by atoms with E-state index in [0.29, 0.717) is 17.4 Å². The third-order valence-electron chi connectivity index (χ3n) is 3.29. The van der Waals surface area contributed by atoms with Crippen molar-refractivity contribution in [2.24, 2.45) is 7.05 Å². The van der Waals surface area contributed by atoms with Gasteiger partial charge in [-0.05, 0) is 31.5 Å². The standard InChI is InChI=1S/C15H18BrClN2O2/c1-4-12-15(17)13(19(3)18-12)8-21-14-6-5-10(16)7-11(14)9(2)20/h5-7,9,20H,4,8H2,1-3H3/t9-/m1/s1. The number of hydrogen-bond acceptors (Lipinski definition) is 3. The summed E-state index contributed by atoms with van der Waals surface area (Å²) in [6, 6.07) is 5.56. The first kappa shape index (κ1) is 16.3. The first-order chi connectivity index (χ1) is 9.93. The lowest BCUT2D eigenvalue weighted by Crippen LogP contribution is -2.05. The van der Waals surface area contributed by atoms with Crippen LogP contribution in [-0.4, -0.2) is 14.9 Å². The highest BCUT2D eigenvalue weighted by molar-refractivity contribution is 9.10. The van der Waals surface area contributed by atoms with Crippen LogP contribution < -0.4 is 4.74 Å². The monoisotopic (exact) mass is 372 g/mol. The normalized spacial score (nSPS) is 12.5. The number of hydrogen-bond donors (Lipinski definition) is 1. The van der Waals surface area contributed by atoms with E-state index in [1.807, 2.05) is 32.2 Å². The first-order valence-corrected chi connectivity index (χ1v) is 7.91. The number of aliphatic hydroxyl groups is 1. The van der Waals surface area contributed by atoms with E-state index >= 15 is 0 Å². The van der Waals surface area contributed by atoms with Gasteiger partial charge in [0.2, 0.25) is 0 Å². The zero-order valence-corrected chi connectivity index (χ0v) is 14.6. The predicted molar refractivity (Wildman–Crippen MR) is 86.7 cm³/mol. The van der Waals surface area contributed by atoms with Crippen molar-refractivity contribution in [1.82, 2.24) is 9.78 Å². The van der Waals surface area contributed by atoms with Gasteiger partial charge in [0.25, 0.3) is 0 Å². The van der Waals surface area contributed by atoms with Crippen LogP contribution in [0.15, 0.2) is 22.7 Å².